The van der Waals surface area contributed by atoms with Gasteiger partial charge in [-0.1, -0.05) is 0 Å². The number of amides is 1. The fraction of sp³-hybridized carbons (Fsp3) is 0.111. The third kappa shape index (κ3) is 3.13. The Bertz CT molecular complexity index is 876. The van der Waals surface area contributed by atoms with E-state index in [1.165, 1.54) is 12.1 Å². The van der Waals surface area contributed by atoms with E-state index in [0.29, 0.717) is 27.9 Å². The maximum atomic E-state index is 13.5. The Kier molecular flexibility index (Phi) is 3.93. The zero-order chi connectivity index (χ0) is 16.4. The summed E-state index contributed by atoms with van der Waals surface area (Å²) in [6, 6.07) is 12.8. The summed E-state index contributed by atoms with van der Waals surface area (Å²) in [5.41, 5.74) is 2.41. The summed E-state index contributed by atoms with van der Waals surface area (Å²) in [7, 11) is 1.56. The summed E-state index contributed by atoms with van der Waals surface area (Å²) in [5.74, 6) is 0.0285. The first-order chi connectivity index (χ1) is 11.1. The van der Waals surface area contributed by atoms with Gasteiger partial charge < -0.3 is 10.1 Å². The number of hydrogen-bond donors (Lipinski definition) is 1. The molecule has 0 aliphatic carbocycles. The van der Waals surface area contributed by atoms with E-state index in [-0.39, 0.29) is 11.7 Å². The molecule has 2 aromatic carbocycles. The van der Waals surface area contributed by atoms with Gasteiger partial charge >= 0.3 is 0 Å². The van der Waals surface area contributed by atoms with Crippen molar-refractivity contribution >= 4 is 22.5 Å². The van der Waals surface area contributed by atoms with Crippen molar-refractivity contribution in [1.29, 1.82) is 0 Å². The number of anilines is 1. The molecule has 0 unspecified atom stereocenters. The molecule has 0 bridgehead atoms. The number of fused-ring (bicyclic) bond motifs is 1. The summed E-state index contributed by atoms with van der Waals surface area (Å²) in [6.45, 7) is 1.83. The van der Waals surface area contributed by atoms with Crippen LogP contribution in [0.5, 0.6) is 5.75 Å². The van der Waals surface area contributed by atoms with Crippen LogP contribution in [0.15, 0.2) is 48.5 Å². The number of benzene rings is 2. The van der Waals surface area contributed by atoms with Crippen LogP contribution in [-0.2, 0) is 0 Å². The number of hydrogen-bond acceptors (Lipinski definition) is 3. The van der Waals surface area contributed by atoms with E-state index in [1.54, 1.807) is 43.5 Å². The van der Waals surface area contributed by atoms with Gasteiger partial charge in [0.15, 0.2) is 0 Å². The highest BCUT2D eigenvalue weighted by Gasteiger charge is 2.11. The average Bonchev–Trinajstić information content (AvgIpc) is 2.55. The molecule has 23 heavy (non-hydrogen) atoms. The smallest absolute Gasteiger partial charge is 0.255 e. The number of nitrogens with zero attached hydrogens (tertiary/aromatic N) is 1. The monoisotopic (exact) mass is 310 g/mol. The van der Waals surface area contributed by atoms with Gasteiger partial charge in [0.05, 0.1) is 18.3 Å². The standard InChI is InChI=1S/C18H15FN2O2/c1-11-9-17(15-10-13(19)5-8-16(15)20-11)21-18(22)12-3-6-14(23-2)7-4-12/h3-10H,1-2H3,(H,20,21,22). The topological polar surface area (TPSA) is 51.2 Å². The van der Waals surface area contributed by atoms with Crippen LogP contribution in [0.25, 0.3) is 10.9 Å². The quantitative estimate of drug-likeness (QED) is 0.797. The highest BCUT2D eigenvalue weighted by Crippen LogP contribution is 2.25. The first kappa shape index (κ1) is 15.0. The first-order valence-electron chi connectivity index (χ1n) is 7.09. The lowest BCUT2D eigenvalue weighted by molar-refractivity contribution is 0.102. The fourth-order valence-electron chi connectivity index (χ4n) is 2.37. The Labute approximate surface area is 132 Å². The second-order valence-electron chi connectivity index (χ2n) is 5.16. The highest BCUT2D eigenvalue weighted by molar-refractivity contribution is 6.08. The molecule has 0 radical (unpaired) electrons. The van der Waals surface area contributed by atoms with E-state index in [0.717, 1.165) is 5.69 Å². The molecule has 3 aromatic rings. The van der Waals surface area contributed by atoms with Crippen LogP contribution in [-0.4, -0.2) is 18.0 Å². The van der Waals surface area contributed by atoms with Crippen LogP contribution >= 0.6 is 0 Å². The van der Waals surface area contributed by atoms with Gasteiger partial charge in [0, 0.05) is 16.6 Å². The second-order valence-corrected chi connectivity index (χ2v) is 5.16. The van der Waals surface area contributed by atoms with Crippen LogP contribution in [0, 0.1) is 12.7 Å². The number of nitrogens with one attached hydrogen (secondary N) is 1. The van der Waals surface area contributed by atoms with Gasteiger partial charge in [-0.3, -0.25) is 9.78 Å². The summed E-state index contributed by atoms with van der Waals surface area (Å²) in [6.07, 6.45) is 0. The minimum Gasteiger partial charge on any atom is -0.497 e. The number of ether oxygens (including phenoxy) is 1. The molecule has 0 atom stereocenters. The lowest BCUT2D eigenvalue weighted by atomic mass is 10.1. The fourth-order valence-corrected chi connectivity index (χ4v) is 2.37. The molecule has 0 fully saturated rings. The molecular formula is C18H15FN2O2. The van der Waals surface area contributed by atoms with Gasteiger partial charge in [-0.05, 0) is 55.5 Å². The largest absolute Gasteiger partial charge is 0.497 e. The third-order valence-electron chi connectivity index (χ3n) is 3.50. The number of pyridine rings is 1. The number of rotatable bonds is 3. The maximum Gasteiger partial charge on any atom is 0.255 e. The van der Waals surface area contributed by atoms with E-state index in [2.05, 4.69) is 10.3 Å². The van der Waals surface area contributed by atoms with Crippen molar-refractivity contribution in [2.45, 2.75) is 6.92 Å². The predicted molar refractivity (Wildman–Crippen MR) is 87.4 cm³/mol. The normalized spacial score (nSPS) is 10.6. The van der Waals surface area contributed by atoms with Crippen LogP contribution in [0.4, 0.5) is 10.1 Å². The van der Waals surface area contributed by atoms with Gasteiger partial charge in [0.1, 0.15) is 11.6 Å². The van der Waals surface area contributed by atoms with Crippen molar-refractivity contribution in [3.05, 3.63) is 65.6 Å². The van der Waals surface area contributed by atoms with Gasteiger partial charge in [0.25, 0.3) is 5.91 Å². The molecule has 0 saturated carbocycles. The number of aryl methyl sites for hydroxylation is 1. The van der Waals surface area contributed by atoms with Gasteiger partial charge in [-0.15, -0.1) is 0 Å². The Morgan fingerprint density at radius 3 is 2.57 bits per heavy atom. The molecular weight excluding hydrogens is 295 g/mol. The molecule has 1 amide bonds. The number of methoxy groups -OCH3 is 1. The van der Waals surface area contributed by atoms with E-state index in [4.69, 9.17) is 4.74 Å². The molecule has 5 heteroatoms. The maximum absolute atomic E-state index is 13.5. The average molecular weight is 310 g/mol. The zero-order valence-corrected chi connectivity index (χ0v) is 12.8. The highest BCUT2D eigenvalue weighted by atomic mass is 19.1. The molecule has 0 aliphatic rings. The van der Waals surface area contributed by atoms with Crippen molar-refractivity contribution in [1.82, 2.24) is 4.98 Å². The third-order valence-corrected chi connectivity index (χ3v) is 3.50. The number of halogens is 1. The van der Waals surface area contributed by atoms with Crippen LogP contribution in [0.3, 0.4) is 0 Å². The summed E-state index contributed by atoms with van der Waals surface area (Å²) in [5, 5.41) is 3.39. The molecule has 0 saturated heterocycles. The minimum absolute atomic E-state index is 0.274. The molecule has 3 rings (SSSR count). The predicted octanol–water partition coefficient (Wildman–Crippen LogP) is 3.94. The Morgan fingerprint density at radius 1 is 1.13 bits per heavy atom. The molecule has 4 nitrogen and oxygen atoms in total. The summed E-state index contributed by atoms with van der Waals surface area (Å²) >= 11 is 0. The number of carbonyl (C=O) groups is 1. The second kappa shape index (κ2) is 6.04. The van der Waals surface area contributed by atoms with Crippen LogP contribution in [0.2, 0.25) is 0 Å². The van der Waals surface area contributed by atoms with Crippen LogP contribution in [0.1, 0.15) is 16.1 Å². The molecule has 1 N–H and O–H groups in total. The Balaban J connectivity index is 1.96. The summed E-state index contributed by atoms with van der Waals surface area (Å²) < 4.78 is 18.6. The first-order valence-corrected chi connectivity index (χ1v) is 7.09. The minimum atomic E-state index is -0.372. The summed E-state index contributed by atoms with van der Waals surface area (Å²) in [4.78, 5) is 16.7. The molecule has 1 aromatic heterocycles. The van der Waals surface area contributed by atoms with E-state index < -0.39 is 0 Å². The van der Waals surface area contributed by atoms with Crippen molar-refractivity contribution in [3.63, 3.8) is 0 Å². The lowest BCUT2D eigenvalue weighted by Gasteiger charge is -2.10. The number of aromatic nitrogens is 1. The Morgan fingerprint density at radius 2 is 1.87 bits per heavy atom. The van der Waals surface area contributed by atoms with E-state index in [1.807, 2.05) is 6.92 Å². The molecule has 0 spiro atoms. The van der Waals surface area contributed by atoms with E-state index >= 15 is 0 Å². The number of carbonyl (C=O) groups excluding carboxylic acids is 1. The van der Waals surface area contributed by atoms with Gasteiger partial charge in [-0.25, -0.2) is 4.39 Å². The van der Waals surface area contributed by atoms with Crippen molar-refractivity contribution < 1.29 is 13.9 Å². The van der Waals surface area contributed by atoms with Crippen LogP contribution < -0.4 is 10.1 Å². The van der Waals surface area contributed by atoms with Crippen molar-refractivity contribution in [3.8, 4) is 5.75 Å². The molecule has 1 heterocycles. The van der Waals surface area contributed by atoms with Crippen molar-refractivity contribution in [2.24, 2.45) is 0 Å². The molecule has 0 aliphatic heterocycles. The zero-order valence-electron chi connectivity index (χ0n) is 12.8. The van der Waals surface area contributed by atoms with Crippen molar-refractivity contribution in [2.75, 3.05) is 12.4 Å². The molecule has 116 valence electrons. The van der Waals surface area contributed by atoms with Gasteiger partial charge in [-0.2, -0.15) is 0 Å². The SMILES string of the molecule is COc1ccc(C(=O)Nc2cc(C)nc3ccc(F)cc23)cc1. The van der Waals surface area contributed by atoms with E-state index in [9.17, 15) is 9.18 Å². The Hall–Kier alpha value is -2.95. The van der Waals surface area contributed by atoms with Gasteiger partial charge in [0.2, 0.25) is 0 Å². The lowest BCUT2D eigenvalue weighted by Crippen LogP contribution is -2.12.